The van der Waals surface area contributed by atoms with Crippen molar-refractivity contribution in [1.82, 2.24) is 20.2 Å². The van der Waals surface area contributed by atoms with Crippen LogP contribution in [0.25, 0.3) is 0 Å². The second-order valence-corrected chi connectivity index (χ2v) is 3.67. The van der Waals surface area contributed by atoms with Gasteiger partial charge in [-0.3, -0.25) is 10.1 Å². The summed E-state index contributed by atoms with van der Waals surface area (Å²) in [4.78, 5) is 8.11. The smallest absolute Gasteiger partial charge is 0.215 e. The van der Waals surface area contributed by atoms with E-state index in [4.69, 9.17) is 12.2 Å². The van der Waals surface area contributed by atoms with Crippen LogP contribution in [0, 0.1) is 11.7 Å². The van der Waals surface area contributed by atoms with Crippen LogP contribution in [0.2, 0.25) is 0 Å². The Morgan fingerprint density at radius 3 is 2.88 bits per heavy atom. The van der Waals surface area contributed by atoms with Gasteiger partial charge in [0, 0.05) is 18.9 Å². The van der Waals surface area contributed by atoms with Gasteiger partial charge in [-0.25, -0.2) is 0 Å². The molecule has 0 atom stereocenters. The Balaban J connectivity index is 2.10. The van der Waals surface area contributed by atoms with E-state index in [0.717, 1.165) is 11.3 Å². The maximum absolute atomic E-state index is 4.91. The summed E-state index contributed by atoms with van der Waals surface area (Å²) in [6, 6.07) is 3.89. The molecule has 0 aromatic carbocycles. The van der Waals surface area contributed by atoms with Gasteiger partial charge in [-0.1, -0.05) is 0 Å². The number of aromatic nitrogens is 4. The van der Waals surface area contributed by atoms with Gasteiger partial charge in [-0.15, -0.1) is 0 Å². The molecule has 2 N–H and O–H groups in total. The SMILES string of the molecule is Cc1n[nH]c(=S)nc1NCc1ccncc1. The maximum Gasteiger partial charge on any atom is 0.215 e. The van der Waals surface area contributed by atoms with Crippen molar-refractivity contribution in [3.63, 3.8) is 0 Å². The first-order chi connectivity index (χ1) is 7.75. The molecule has 0 radical (unpaired) electrons. The number of aryl methyl sites for hydroxylation is 1. The van der Waals surface area contributed by atoms with E-state index >= 15 is 0 Å². The number of hydrogen-bond acceptors (Lipinski definition) is 5. The van der Waals surface area contributed by atoms with Crippen molar-refractivity contribution in [1.29, 1.82) is 0 Å². The summed E-state index contributed by atoms with van der Waals surface area (Å²) in [7, 11) is 0. The van der Waals surface area contributed by atoms with Gasteiger partial charge in [-0.05, 0) is 36.8 Å². The minimum atomic E-state index is 0.378. The molecule has 0 amide bonds. The second kappa shape index (κ2) is 4.80. The third-order valence-electron chi connectivity index (χ3n) is 2.08. The van der Waals surface area contributed by atoms with Crippen LogP contribution in [-0.4, -0.2) is 20.2 Å². The number of anilines is 1. The van der Waals surface area contributed by atoms with Crippen LogP contribution in [0.1, 0.15) is 11.3 Å². The summed E-state index contributed by atoms with van der Waals surface area (Å²) < 4.78 is 0.378. The predicted octanol–water partition coefficient (Wildman–Crippen LogP) is 1.85. The lowest BCUT2D eigenvalue weighted by Crippen LogP contribution is -2.05. The minimum Gasteiger partial charge on any atom is -0.364 e. The third kappa shape index (κ3) is 2.60. The highest BCUT2D eigenvalue weighted by Gasteiger charge is 2.00. The lowest BCUT2D eigenvalue weighted by molar-refractivity contribution is 0.901. The van der Waals surface area contributed by atoms with Crippen LogP contribution in [-0.2, 0) is 6.54 Å². The van der Waals surface area contributed by atoms with Gasteiger partial charge >= 0.3 is 0 Å². The number of nitrogens with zero attached hydrogens (tertiary/aromatic N) is 3. The van der Waals surface area contributed by atoms with Gasteiger partial charge in [0.25, 0.3) is 0 Å². The zero-order valence-corrected chi connectivity index (χ0v) is 9.58. The van der Waals surface area contributed by atoms with Crippen LogP contribution in [0.15, 0.2) is 24.5 Å². The zero-order valence-electron chi connectivity index (χ0n) is 8.77. The van der Waals surface area contributed by atoms with Crippen LogP contribution in [0.4, 0.5) is 5.82 Å². The number of hydrogen-bond donors (Lipinski definition) is 2. The van der Waals surface area contributed by atoms with Crippen molar-refractivity contribution < 1.29 is 0 Å². The molecular weight excluding hydrogens is 222 g/mol. The highest BCUT2D eigenvalue weighted by atomic mass is 32.1. The quantitative estimate of drug-likeness (QED) is 0.792. The molecular formula is C10H11N5S. The Hall–Kier alpha value is -1.82. The van der Waals surface area contributed by atoms with Gasteiger partial charge in [0.1, 0.15) is 0 Å². The first kappa shape index (κ1) is 10.7. The van der Waals surface area contributed by atoms with Crippen LogP contribution in [0.5, 0.6) is 0 Å². The average molecular weight is 233 g/mol. The standard InChI is InChI=1S/C10H11N5S/c1-7-9(13-10(16)15-14-7)12-6-8-2-4-11-5-3-8/h2-5H,6H2,1H3,(H2,12,13,15,16). The number of aromatic amines is 1. The molecule has 0 fully saturated rings. The summed E-state index contributed by atoms with van der Waals surface area (Å²) >= 11 is 4.91. The van der Waals surface area contributed by atoms with Crippen molar-refractivity contribution in [2.24, 2.45) is 0 Å². The zero-order chi connectivity index (χ0) is 11.4. The lowest BCUT2D eigenvalue weighted by atomic mass is 10.3. The van der Waals surface area contributed by atoms with E-state index in [1.54, 1.807) is 12.4 Å². The fraction of sp³-hybridized carbons (Fsp3) is 0.200. The third-order valence-corrected chi connectivity index (χ3v) is 2.27. The summed E-state index contributed by atoms with van der Waals surface area (Å²) in [5.41, 5.74) is 1.93. The van der Waals surface area contributed by atoms with Gasteiger partial charge in [0.05, 0.1) is 5.69 Å². The van der Waals surface area contributed by atoms with Gasteiger partial charge < -0.3 is 5.32 Å². The first-order valence-corrected chi connectivity index (χ1v) is 5.22. The van der Waals surface area contributed by atoms with E-state index < -0.39 is 0 Å². The molecule has 0 aliphatic rings. The normalized spacial score (nSPS) is 10.1. The molecule has 2 aromatic rings. The molecule has 0 saturated carbocycles. The second-order valence-electron chi connectivity index (χ2n) is 3.28. The van der Waals surface area contributed by atoms with Crippen molar-refractivity contribution in [3.8, 4) is 0 Å². The van der Waals surface area contributed by atoms with E-state index in [2.05, 4.69) is 25.5 Å². The van der Waals surface area contributed by atoms with Crippen LogP contribution < -0.4 is 5.32 Å². The topological polar surface area (TPSA) is 66.5 Å². The Bertz CT molecular complexity index is 522. The molecule has 0 unspecified atom stereocenters. The Morgan fingerprint density at radius 1 is 1.38 bits per heavy atom. The molecule has 5 nitrogen and oxygen atoms in total. The Labute approximate surface area is 98.0 Å². The van der Waals surface area contributed by atoms with Gasteiger partial charge in [0.2, 0.25) is 4.77 Å². The summed E-state index contributed by atoms with van der Waals surface area (Å²) in [6.45, 7) is 2.55. The minimum absolute atomic E-state index is 0.378. The number of nitrogens with one attached hydrogen (secondary N) is 2. The predicted molar refractivity (Wildman–Crippen MR) is 63.5 cm³/mol. The van der Waals surface area contributed by atoms with E-state index in [1.807, 2.05) is 19.1 Å². The monoisotopic (exact) mass is 233 g/mol. The molecule has 2 rings (SSSR count). The van der Waals surface area contributed by atoms with Gasteiger partial charge in [0.15, 0.2) is 5.82 Å². The number of H-pyrrole nitrogens is 1. The molecule has 0 aliphatic carbocycles. The molecule has 6 heteroatoms. The van der Waals surface area contributed by atoms with Gasteiger partial charge in [-0.2, -0.15) is 10.1 Å². The highest BCUT2D eigenvalue weighted by molar-refractivity contribution is 7.71. The van der Waals surface area contributed by atoms with Crippen LogP contribution >= 0.6 is 12.2 Å². The lowest BCUT2D eigenvalue weighted by Gasteiger charge is -2.06. The van der Waals surface area contributed by atoms with E-state index in [9.17, 15) is 0 Å². The summed E-state index contributed by atoms with van der Waals surface area (Å²) in [5.74, 6) is 0.709. The van der Waals surface area contributed by atoms with Crippen molar-refractivity contribution in [2.45, 2.75) is 13.5 Å². The Kier molecular flexibility index (Phi) is 3.21. The number of pyridine rings is 1. The van der Waals surface area contributed by atoms with E-state index in [0.29, 0.717) is 17.1 Å². The largest absolute Gasteiger partial charge is 0.364 e. The van der Waals surface area contributed by atoms with E-state index in [-0.39, 0.29) is 0 Å². The molecule has 16 heavy (non-hydrogen) atoms. The molecule has 0 saturated heterocycles. The molecule has 0 bridgehead atoms. The molecule has 82 valence electrons. The Morgan fingerprint density at radius 2 is 2.12 bits per heavy atom. The molecule has 0 spiro atoms. The van der Waals surface area contributed by atoms with Crippen molar-refractivity contribution in [2.75, 3.05) is 5.32 Å². The molecule has 2 heterocycles. The maximum atomic E-state index is 4.91. The average Bonchev–Trinajstić information content (AvgIpc) is 2.32. The van der Waals surface area contributed by atoms with Crippen molar-refractivity contribution in [3.05, 3.63) is 40.6 Å². The highest BCUT2D eigenvalue weighted by Crippen LogP contribution is 2.07. The van der Waals surface area contributed by atoms with Crippen LogP contribution in [0.3, 0.4) is 0 Å². The number of rotatable bonds is 3. The summed E-state index contributed by atoms with van der Waals surface area (Å²) in [5, 5.41) is 9.85. The fourth-order valence-corrected chi connectivity index (χ4v) is 1.38. The summed E-state index contributed by atoms with van der Waals surface area (Å²) in [6.07, 6.45) is 3.51. The molecule has 2 aromatic heterocycles. The fourth-order valence-electron chi connectivity index (χ4n) is 1.25. The van der Waals surface area contributed by atoms with Crippen molar-refractivity contribution >= 4 is 18.0 Å². The van der Waals surface area contributed by atoms with E-state index in [1.165, 1.54) is 0 Å². The first-order valence-electron chi connectivity index (χ1n) is 4.82. The molecule has 0 aliphatic heterocycles.